The lowest BCUT2D eigenvalue weighted by Gasteiger charge is -2.20. The van der Waals surface area contributed by atoms with Gasteiger partial charge in [-0.2, -0.15) is 0 Å². The van der Waals surface area contributed by atoms with E-state index in [0.29, 0.717) is 0 Å². The van der Waals surface area contributed by atoms with Crippen LogP contribution in [0.4, 0.5) is 0 Å². The molecule has 0 saturated carbocycles. The van der Waals surface area contributed by atoms with Gasteiger partial charge in [0.1, 0.15) is 23.9 Å². The van der Waals surface area contributed by atoms with E-state index in [-0.39, 0.29) is 13.2 Å². The Morgan fingerprint density at radius 3 is 1.59 bits per heavy atom. The number of aliphatic hydroxyl groups is 1. The summed E-state index contributed by atoms with van der Waals surface area (Å²) in [6.07, 6.45) is 0. The molecular weight excluding hydrogens is 220 g/mol. The topological polar surface area (TPSA) is 47.9 Å². The molecule has 1 N–H and O–H groups in total. The first-order valence-corrected chi connectivity index (χ1v) is 5.53. The lowest BCUT2D eigenvalue weighted by Crippen LogP contribution is -2.07. The largest absolute Gasteiger partial charge is 0.496 e. The van der Waals surface area contributed by atoms with Gasteiger partial charge >= 0.3 is 0 Å². The van der Waals surface area contributed by atoms with E-state index in [1.54, 1.807) is 14.2 Å². The van der Waals surface area contributed by atoms with Crippen molar-refractivity contribution in [3.63, 3.8) is 0 Å². The number of aliphatic hydroxyl groups excluding tert-OH is 1. The van der Waals surface area contributed by atoms with Crippen LogP contribution in [0.5, 0.6) is 17.2 Å². The predicted molar refractivity (Wildman–Crippen MR) is 66.3 cm³/mol. The summed E-state index contributed by atoms with van der Waals surface area (Å²) in [5, 5.41) is 8.83. The first-order valence-electron chi connectivity index (χ1n) is 5.53. The Hall–Kier alpha value is -1.42. The third kappa shape index (κ3) is 2.47. The highest BCUT2D eigenvalue weighted by Crippen LogP contribution is 2.42. The van der Waals surface area contributed by atoms with Crippen LogP contribution in [0.3, 0.4) is 0 Å². The van der Waals surface area contributed by atoms with Gasteiger partial charge in [-0.3, -0.25) is 0 Å². The summed E-state index contributed by atoms with van der Waals surface area (Å²) in [4.78, 5) is 0. The van der Waals surface area contributed by atoms with Crippen LogP contribution < -0.4 is 14.2 Å². The highest BCUT2D eigenvalue weighted by molar-refractivity contribution is 5.61. The minimum Gasteiger partial charge on any atom is -0.496 e. The second-order valence-electron chi connectivity index (χ2n) is 3.84. The standard InChI is InChI=1S/C13H20O4/c1-8-11(15-4)9(2)13(17-7-6-14)10(3)12(8)16-5/h14H,6-7H2,1-5H3. The van der Waals surface area contributed by atoms with E-state index in [0.717, 1.165) is 33.9 Å². The minimum absolute atomic E-state index is 0.0165. The normalized spacial score (nSPS) is 10.2. The second kappa shape index (κ2) is 5.77. The Balaban J connectivity index is 3.37. The van der Waals surface area contributed by atoms with Gasteiger partial charge in [-0.15, -0.1) is 0 Å². The quantitative estimate of drug-likeness (QED) is 0.855. The van der Waals surface area contributed by atoms with Crippen molar-refractivity contribution in [2.75, 3.05) is 27.4 Å². The summed E-state index contributed by atoms with van der Waals surface area (Å²) in [6, 6.07) is 0. The Kier molecular flexibility index (Phi) is 4.63. The van der Waals surface area contributed by atoms with Crippen molar-refractivity contribution in [3.05, 3.63) is 16.7 Å². The van der Waals surface area contributed by atoms with Gasteiger partial charge in [-0.25, -0.2) is 0 Å². The number of ether oxygens (including phenoxy) is 3. The maximum Gasteiger partial charge on any atom is 0.132 e. The average Bonchev–Trinajstić information content (AvgIpc) is 2.30. The van der Waals surface area contributed by atoms with E-state index in [1.165, 1.54) is 0 Å². The highest BCUT2D eigenvalue weighted by Gasteiger charge is 2.19. The van der Waals surface area contributed by atoms with Crippen LogP contribution >= 0.6 is 0 Å². The molecule has 0 radical (unpaired) electrons. The Morgan fingerprint density at radius 2 is 1.24 bits per heavy atom. The van der Waals surface area contributed by atoms with E-state index in [4.69, 9.17) is 19.3 Å². The molecule has 0 aliphatic heterocycles. The smallest absolute Gasteiger partial charge is 0.132 e. The molecule has 0 fully saturated rings. The molecule has 0 unspecified atom stereocenters. The second-order valence-corrected chi connectivity index (χ2v) is 3.84. The van der Waals surface area contributed by atoms with Crippen LogP contribution in [0.15, 0.2) is 0 Å². The number of methoxy groups -OCH3 is 2. The summed E-state index contributed by atoms with van der Waals surface area (Å²) in [6.45, 7) is 6.07. The van der Waals surface area contributed by atoms with Crippen LogP contribution in [0.1, 0.15) is 16.7 Å². The Labute approximate surface area is 102 Å². The van der Waals surface area contributed by atoms with Crippen molar-refractivity contribution in [3.8, 4) is 17.2 Å². The summed E-state index contributed by atoms with van der Waals surface area (Å²) in [7, 11) is 3.25. The van der Waals surface area contributed by atoms with Gasteiger partial charge in [-0.1, -0.05) is 0 Å². The maximum atomic E-state index is 8.83. The fourth-order valence-corrected chi connectivity index (χ4v) is 2.13. The first-order chi connectivity index (χ1) is 8.08. The van der Waals surface area contributed by atoms with Gasteiger partial charge in [0.05, 0.1) is 20.8 Å². The van der Waals surface area contributed by atoms with E-state index >= 15 is 0 Å². The molecule has 0 heterocycles. The van der Waals surface area contributed by atoms with E-state index < -0.39 is 0 Å². The van der Waals surface area contributed by atoms with Crippen molar-refractivity contribution in [2.24, 2.45) is 0 Å². The SMILES string of the molecule is COc1c(C)c(OC)c(C)c(OCCO)c1C. The molecule has 96 valence electrons. The molecule has 0 aliphatic carbocycles. The number of hydrogen-bond donors (Lipinski definition) is 1. The molecule has 0 bridgehead atoms. The summed E-state index contributed by atoms with van der Waals surface area (Å²) < 4.78 is 16.3. The minimum atomic E-state index is -0.0165. The molecule has 1 aromatic carbocycles. The number of rotatable bonds is 5. The van der Waals surface area contributed by atoms with Crippen LogP contribution in [-0.2, 0) is 0 Å². The number of hydrogen-bond acceptors (Lipinski definition) is 4. The lowest BCUT2D eigenvalue weighted by molar-refractivity contribution is 0.198. The zero-order valence-electron chi connectivity index (χ0n) is 11.1. The van der Waals surface area contributed by atoms with Crippen molar-refractivity contribution >= 4 is 0 Å². The molecule has 0 spiro atoms. The van der Waals surface area contributed by atoms with Gasteiger partial charge in [0.15, 0.2) is 0 Å². The molecule has 0 amide bonds. The third-order valence-corrected chi connectivity index (χ3v) is 2.79. The van der Waals surface area contributed by atoms with Crippen LogP contribution in [-0.4, -0.2) is 32.5 Å². The van der Waals surface area contributed by atoms with Crippen molar-refractivity contribution in [1.29, 1.82) is 0 Å². The predicted octanol–water partition coefficient (Wildman–Crippen LogP) is 2.00. The molecule has 0 saturated heterocycles. The van der Waals surface area contributed by atoms with E-state index in [9.17, 15) is 0 Å². The van der Waals surface area contributed by atoms with Gasteiger partial charge in [-0.05, 0) is 20.8 Å². The van der Waals surface area contributed by atoms with Gasteiger partial charge in [0, 0.05) is 16.7 Å². The first kappa shape index (κ1) is 13.6. The van der Waals surface area contributed by atoms with Crippen molar-refractivity contribution in [1.82, 2.24) is 0 Å². The van der Waals surface area contributed by atoms with E-state index in [2.05, 4.69) is 0 Å². The molecule has 0 aromatic heterocycles. The Morgan fingerprint density at radius 1 is 0.824 bits per heavy atom. The highest BCUT2D eigenvalue weighted by atomic mass is 16.5. The molecule has 4 nitrogen and oxygen atoms in total. The lowest BCUT2D eigenvalue weighted by atomic mass is 10.0. The third-order valence-electron chi connectivity index (χ3n) is 2.79. The molecule has 17 heavy (non-hydrogen) atoms. The van der Waals surface area contributed by atoms with E-state index in [1.807, 2.05) is 20.8 Å². The Bertz CT molecular complexity index is 368. The molecule has 4 heteroatoms. The zero-order chi connectivity index (χ0) is 13.0. The summed E-state index contributed by atoms with van der Waals surface area (Å²) in [5.74, 6) is 2.25. The molecule has 0 aliphatic rings. The fraction of sp³-hybridized carbons (Fsp3) is 0.538. The molecule has 1 rings (SSSR count). The van der Waals surface area contributed by atoms with Crippen LogP contribution in [0.25, 0.3) is 0 Å². The average molecular weight is 240 g/mol. The van der Waals surface area contributed by atoms with Crippen LogP contribution in [0, 0.1) is 20.8 Å². The number of benzene rings is 1. The zero-order valence-corrected chi connectivity index (χ0v) is 11.1. The maximum absolute atomic E-state index is 8.83. The molecular formula is C13H20O4. The van der Waals surface area contributed by atoms with Gasteiger partial charge in [0.2, 0.25) is 0 Å². The van der Waals surface area contributed by atoms with Crippen LogP contribution in [0.2, 0.25) is 0 Å². The summed E-state index contributed by atoms with van der Waals surface area (Å²) in [5.41, 5.74) is 2.81. The molecule has 0 atom stereocenters. The van der Waals surface area contributed by atoms with Crippen molar-refractivity contribution in [2.45, 2.75) is 20.8 Å². The van der Waals surface area contributed by atoms with Crippen molar-refractivity contribution < 1.29 is 19.3 Å². The fourth-order valence-electron chi connectivity index (χ4n) is 2.13. The monoisotopic (exact) mass is 240 g/mol. The van der Waals surface area contributed by atoms with Gasteiger partial charge < -0.3 is 19.3 Å². The van der Waals surface area contributed by atoms with Gasteiger partial charge in [0.25, 0.3) is 0 Å². The molecule has 1 aromatic rings. The summed E-state index contributed by atoms with van der Waals surface area (Å²) >= 11 is 0.